The lowest BCUT2D eigenvalue weighted by Gasteiger charge is -2.32. The smallest absolute Gasteiger partial charge is 0.227 e. The van der Waals surface area contributed by atoms with Gasteiger partial charge < -0.3 is 9.42 Å². The van der Waals surface area contributed by atoms with E-state index in [0.717, 1.165) is 57.2 Å². The van der Waals surface area contributed by atoms with Gasteiger partial charge in [0.05, 0.1) is 0 Å². The zero-order valence-corrected chi connectivity index (χ0v) is 17.4. The third-order valence-corrected chi connectivity index (χ3v) is 6.21. The number of unbranched alkanes of at least 4 members (excludes halogenated alkanes) is 1. The van der Waals surface area contributed by atoms with Crippen LogP contribution in [0.15, 0.2) is 51.7 Å². The highest BCUT2D eigenvalue weighted by molar-refractivity contribution is 7.08. The molecule has 1 amide bonds. The second-order valence-corrected chi connectivity index (χ2v) is 8.55. The van der Waals surface area contributed by atoms with Gasteiger partial charge in [-0.05, 0) is 55.0 Å². The highest BCUT2D eigenvalue weighted by Crippen LogP contribution is 2.24. The number of aromatic nitrogens is 2. The van der Waals surface area contributed by atoms with Crippen molar-refractivity contribution in [3.05, 3.63) is 58.6 Å². The molecule has 3 aromatic rings. The van der Waals surface area contributed by atoms with Crippen LogP contribution in [0.3, 0.4) is 0 Å². The van der Waals surface area contributed by atoms with Gasteiger partial charge in [-0.25, -0.2) is 0 Å². The van der Waals surface area contributed by atoms with E-state index in [0.29, 0.717) is 24.1 Å². The van der Waals surface area contributed by atoms with Crippen LogP contribution in [0.25, 0.3) is 11.4 Å². The van der Waals surface area contributed by atoms with Gasteiger partial charge in [0.2, 0.25) is 17.6 Å². The lowest BCUT2D eigenvalue weighted by Crippen LogP contribution is -2.40. The summed E-state index contributed by atoms with van der Waals surface area (Å²) in [6.07, 6.45) is 6.58. The third kappa shape index (κ3) is 5.54. The highest BCUT2D eigenvalue weighted by Gasteiger charge is 2.25. The molecule has 1 aliphatic rings. The normalized spacial score (nSPS) is 16.8. The van der Waals surface area contributed by atoms with Crippen LogP contribution in [0, 0.1) is 5.92 Å². The van der Waals surface area contributed by atoms with Crippen molar-refractivity contribution in [3.8, 4) is 11.4 Å². The molecule has 5 nitrogen and oxygen atoms in total. The summed E-state index contributed by atoms with van der Waals surface area (Å²) in [5.74, 6) is 2.01. The van der Waals surface area contributed by atoms with Gasteiger partial charge in [0.25, 0.3) is 0 Å². The van der Waals surface area contributed by atoms with E-state index >= 15 is 0 Å². The lowest BCUT2D eigenvalue weighted by molar-refractivity contribution is -0.133. The molecule has 1 unspecified atom stereocenters. The molecule has 1 aliphatic heterocycles. The number of rotatable bonds is 8. The van der Waals surface area contributed by atoms with Crippen molar-refractivity contribution in [2.75, 3.05) is 13.1 Å². The zero-order valence-electron chi connectivity index (χ0n) is 16.6. The van der Waals surface area contributed by atoms with Crippen molar-refractivity contribution in [3.63, 3.8) is 0 Å². The number of likely N-dealkylation sites (tertiary alicyclic amines) is 1. The Morgan fingerprint density at radius 2 is 2.10 bits per heavy atom. The van der Waals surface area contributed by atoms with Crippen LogP contribution in [0.4, 0.5) is 0 Å². The fraction of sp³-hybridized carbons (Fsp3) is 0.435. The topological polar surface area (TPSA) is 59.2 Å². The minimum Gasteiger partial charge on any atom is -0.342 e. The number of carbonyl (C=O) groups excluding carboxylic acids is 1. The van der Waals surface area contributed by atoms with E-state index < -0.39 is 0 Å². The van der Waals surface area contributed by atoms with Crippen LogP contribution in [0.5, 0.6) is 0 Å². The van der Waals surface area contributed by atoms with E-state index in [4.69, 9.17) is 4.52 Å². The molecule has 1 saturated heterocycles. The summed E-state index contributed by atoms with van der Waals surface area (Å²) >= 11 is 1.62. The molecule has 0 spiro atoms. The van der Waals surface area contributed by atoms with E-state index in [1.807, 2.05) is 27.8 Å². The molecule has 1 fully saturated rings. The van der Waals surface area contributed by atoms with Gasteiger partial charge >= 0.3 is 0 Å². The van der Waals surface area contributed by atoms with Crippen LogP contribution in [-0.2, 0) is 17.6 Å². The molecule has 0 N–H and O–H groups in total. The van der Waals surface area contributed by atoms with E-state index in [1.165, 1.54) is 5.56 Å². The molecule has 0 radical (unpaired) electrons. The lowest BCUT2D eigenvalue weighted by atomic mass is 9.94. The van der Waals surface area contributed by atoms with Crippen LogP contribution in [-0.4, -0.2) is 34.0 Å². The third-order valence-electron chi connectivity index (χ3n) is 5.53. The van der Waals surface area contributed by atoms with Gasteiger partial charge in [0.15, 0.2) is 0 Å². The van der Waals surface area contributed by atoms with Gasteiger partial charge in [0, 0.05) is 36.9 Å². The molecule has 0 aliphatic carbocycles. The predicted molar refractivity (Wildman–Crippen MR) is 115 cm³/mol. The number of aryl methyl sites for hydroxylation is 1. The Morgan fingerprint density at radius 3 is 2.93 bits per heavy atom. The number of amides is 1. The largest absolute Gasteiger partial charge is 0.342 e. The fourth-order valence-corrected chi connectivity index (χ4v) is 4.59. The summed E-state index contributed by atoms with van der Waals surface area (Å²) in [5.41, 5.74) is 2.35. The van der Waals surface area contributed by atoms with Gasteiger partial charge in [-0.15, -0.1) is 0 Å². The van der Waals surface area contributed by atoms with Crippen LogP contribution in [0.1, 0.15) is 43.6 Å². The first-order chi connectivity index (χ1) is 14.3. The Bertz CT molecular complexity index is 892. The van der Waals surface area contributed by atoms with Gasteiger partial charge in [-0.2, -0.15) is 16.3 Å². The van der Waals surface area contributed by atoms with Gasteiger partial charge in [-0.1, -0.05) is 35.5 Å². The monoisotopic (exact) mass is 409 g/mol. The quantitative estimate of drug-likeness (QED) is 0.492. The molecule has 6 heteroatoms. The van der Waals surface area contributed by atoms with E-state index in [-0.39, 0.29) is 5.91 Å². The van der Waals surface area contributed by atoms with Crippen molar-refractivity contribution in [2.45, 2.75) is 44.9 Å². The van der Waals surface area contributed by atoms with Crippen LogP contribution >= 0.6 is 11.3 Å². The summed E-state index contributed by atoms with van der Waals surface area (Å²) in [6, 6.07) is 12.5. The molecular formula is C23H27N3O2S. The summed E-state index contributed by atoms with van der Waals surface area (Å²) in [4.78, 5) is 19.2. The Morgan fingerprint density at radius 1 is 1.21 bits per heavy atom. The summed E-state index contributed by atoms with van der Waals surface area (Å²) < 4.78 is 5.45. The van der Waals surface area contributed by atoms with Crippen LogP contribution < -0.4 is 0 Å². The number of piperidine rings is 1. The Kier molecular flexibility index (Phi) is 6.72. The Hall–Kier alpha value is -2.47. The molecule has 0 bridgehead atoms. The first-order valence-electron chi connectivity index (χ1n) is 10.4. The average molecular weight is 410 g/mol. The minimum atomic E-state index is 0.284. The van der Waals surface area contributed by atoms with E-state index in [2.05, 4.69) is 34.4 Å². The highest BCUT2D eigenvalue weighted by atomic mass is 32.1. The number of nitrogens with zero attached hydrogens (tertiary/aromatic N) is 3. The number of hydrogen-bond donors (Lipinski definition) is 0. The molecule has 1 atom stereocenters. The molecule has 2 aromatic heterocycles. The molecule has 1 aromatic carbocycles. The Labute approximate surface area is 175 Å². The van der Waals surface area contributed by atoms with E-state index in [9.17, 15) is 4.79 Å². The number of thiophene rings is 1. The van der Waals surface area contributed by atoms with E-state index in [1.54, 1.807) is 11.3 Å². The van der Waals surface area contributed by atoms with Crippen molar-refractivity contribution < 1.29 is 9.32 Å². The van der Waals surface area contributed by atoms with Crippen LogP contribution in [0.2, 0.25) is 0 Å². The number of hydrogen-bond acceptors (Lipinski definition) is 5. The first-order valence-corrected chi connectivity index (χ1v) is 11.4. The van der Waals surface area contributed by atoms with Gasteiger partial charge in [-0.3, -0.25) is 4.79 Å². The number of benzene rings is 1. The fourth-order valence-electron chi connectivity index (χ4n) is 3.96. The summed E-state index contributed by atoms with van der Waals surface area (Å²) in [5, 5.41) is 8.12. The molecule has 152 valence electrons. The average Bonchev–Trinajstić information content (AvgIpc) is 3.44. The maximum absolute atomic E-state index is 12.6. The SMILES string of the molecule is O=C(CCCCc1ccccc1)N1CCCC(Cc2nc(-c3ccsc3)no2)C1. The Balaban J connectivity index is 1.22. The van der Waals surface area contributed by atoms with Gasteiger partial charge in [0.1, 0.15) is 0 Å². The van der Waals surface area contributed by atoms with Crippen molar-refractivity contribution in [1.82, 2.24) is 15.0 Å². The maximum Gasteiger partial charge on any atom is 0.227 e. The molecule has 29 heavy (non-hydrogen) atoms. The minimum absolute atomic E-state index is 0.284. The maximum atomic E-state index is 12.6. The molecule has 0 saturated carbocycles. The molecule has 4 rings (SSSR count). The zero-order chi connectivity index (χ0) is 19.9. The van der Waals surface area contributed by atoms with Crippen molar-refractivity contribution >= 4 is 17.2 Å². The predicted octanol–water partition coefficient (Wildman–Crippen LogP) is 4.99. The number of carbonyl (C=O) groups is 1. The first kappa shape index (κ1) is 19.8. The molecular weight excluding hydrogens is 382 g/mol. The molecule has 3 heterocycles. The second kappa shape index (κ2) is 9.83. The summed E-state index contributed by atoms with van der Waals surface area (Å²) in [6.45, 7) is 1.67. The summed E-state index contributed by atoms with van der Waals surface area (Å²) in [7, 11) is 0. The second-order valence-electron chi connectivity index (χ2n) is 7.77. The van der Waals surface area contributed by atoms with Crippen molar-refractivity contribution in [1.29, 1.82) is 0 Å². The van der Waals surface area contributed by atoms with Crippen molar-refractivity contribution in [2.24, 2.45) is 5.92 Å². The standard InChI is InChI=1S/C23H27N3O2S/c27-22(11-5-4-9-18-7-2-1-3-8-18)26-13-6-10-19(16-26)15-21-24-23(25-28-21)20-12-14-29-17-20/h1-3,7-8,12,14,17,19H,4-6,9-11,13,15-16H2.